The van der Waals surface area contributed by atoms with Crippen LogP contribution in [0.1, 0.15) is 35.6 Å². The van der Waals surface area contributed by atoms with Gasteiger partial charge in [0.05, 0.1) is 4.90 Å². The molecule has 0 saturated carbocycles. The summed E-state index contributed by atoms with van der Waals surface area (Å²) in [5, 5.41) is 4.20. The van der Waals surface area contributed by atoms with Crippen LogP contribution in [0.5, 0.6) is 0 Å². The Morgan fingerprint density at radius 2 is 1.32 bits per heavy atom. The van der Waals surface area contributed by atoms with Crippen LogP contribution in [-0.2, 0) is 45.5 Å². The van der Waals surface area contributed by atoms with Crippen LogP contribution in [0.25, 0.3) is 0 Å². The Morgan fingerprint density at radius 3 is 1.91 bits per heavy atom. The standard InChI is InChI=1S/C34H35Cl2N3O4S/c1-2-38-44(42,43)31-19-12-25(13-20-31)14-21-33(40)39(24-28-10-17-30(36)18-11-28)32(22-26-6-4-3-5-7-26)34(41)37-23-27-8-15-29(35)16-9-27/h3-13,15-20,32,38H,2,14,21-24H2,1H3,(H,37,41). The predicted octanol–water partition coefficient (Wildman–Crippen LogP) is 6.18. The summed E-state index contributed by atoms with van der Waals surface area (Å²) in [4.78, 5) is 29.6. The highest BCUT2D eigenvalue weighted by molar-refractivity contribution is 7.89. The molecule has 0 aliphatic carbocycles. The molecule has 0 radical (unpaired) electrons. The second-order valence-corrected chi connectivity index (χ2v) is 13.0. The van der Waals surface area contributed by atoms with Crippen molar-refractivity contribution in [3.05, 3.63) is 135 Å². The summed E-state index contributed by atoms with van der Waals surface area (Å²) < 4.78 is 27.1. The maximum absolute atomic E-state index is 13.9. The number of carbonyl (C=O) groups excluding carboxylic acids is 2. The van der Waals surface area contributed by atoms with Crippen LogP contribution in [0.4, 0.5) is 0 Å². The number of hydrogen-bond donors (Lipinski definition) is 2. The van der Waals surface area contributed by atoms with E-state index in [-0.39, 0.29) is 36.2 Å². The van der Waals surface area contributed by atoms with E-state index in [4.69, 9.17) is 23.2 Å². The van der Waals surface area contributed by atoms with Gasteiger partial charge in [-0.25, -0.2) is 13.1 Å². The first-order valence-corrected chi connectivity index (χ1v) is 16.6. The SMILES string of the molecule is CCNS(=O)(=O)c1ccc(CCC(=O)N(Cc2ccc(Cl)cc2)C(Cc2ccccc2)C(=O)NCc2ccc(Cl)cc2)cc1. The highest BCUT2D eigenvalue weighted by atomic mass is 35.5. The summed E-state index contributed by atoms with van der Waals surface area (Å²) in [5.41, 5.74) is 3.46. The highest BCUT2D eigenvalue weighted by Crippen LogP contribution is 2.19. The number of halogens is 2. The van der Waals surface area contributed by atoms with Gasteiger partial charge in [-0.3, -0.25) is 9.59 Å². The molecule has 2 amide bonds. The van der Waals surface area contributed by atoms with Crippen LogP contribution in [0.15, 0.2) is 108 Å². The Kier molecular flexibility index (Phi) is 12.0. The molecule has 2 N–H and O–H groups in total. The fourth-order valence-electron chi connectivity index (χ4n) is 4.75. The van der Waals surface area contributed by atoms with Crippen molar-refractivity contribution in [2.75, 3.05) is 6.54 Å². The van der Waals surface area contributed by atoms with Crippen molar-refractivity contribution in [3.8, 4) is 0 Å². The van der Waals surface area contributed by atoms with Gasteiger partial charge in [-0.2, -0.15) is 0 Å². The zero-order valence-electron chi connectivity index (χ0n) is 24.4. The van der Waals surface area contributed by atoms with E-state index < -0.39 is 16.1 Å². The molecule has 0 saturated heterocycles. The third kappa shape index (κ3) is 9.66. The van der Waals surface area contributed by atoms with Gasteiger partial charge < -0.3 is 10.2 Å². The van der Waals surface area contributed by atoms with Crippen molar-refractivity contribution >= 4 is 45.0 Å². The van der Waals surface area contributed by atoms with Gasteiger partial charge >= 0.3 is 0 Å². The lowest BCUT2D eigenvalue weighted by molar-refractivity contribution is -0.141. The number of sulfonamides is 1. The van der Waals surface area contributed by atoms with Crippen LogP contribution >= 0.6 is 23.2 Å². The molecule has 44 heavy (non-hydrogen) atoms. The van der Waals surface area contributed by atoms with Gasteiger partial charge in [0.1, 0.15) is 6.04 Å². The maximum Gasteiger partial charge on any atom is 0.243 e. The molecule has 4 aromatic carbocycles. The number of nitrogens with zero attached hydrogens (tertiary/aromatic N) is 1. The van der Waals surface area contributed by atoms with Crippen LogP contribution in [-0.4, -0.2) is 37.7 Å². The first kappa shape index (κ1) is 33.2. The van der Waals surface area contributed by atoms with Crippen LogP contribution < -0.4 is 10.0 Å². The van der Waals surface area contributed by atoms with Crippen LogP contribution in [0.2, 0.25) is 10.0 Å². The van der Waals surface area contributed by atoms with E-state index in [0.717, 1.165) is 22.3 Å². The number of benzene rings is 4. The fourth-order valence-corrected chi connectivity index (χ4v) is 6.05. The Balaban J connectivity index is 1.58. The highest BCUT2D eigenvalue weighted by Gasteiger charge is 2.30. The van der Waals surface area contributed by atoms with E-state index in [1.54, 1.807) is 48.2 Å². The molecule has 1 unspecified atom stereocenters. The molecule has 0 aliphatic rings. The number of aryl methyl sites for hydroxylation is 1. The number of carbonyl (C=O) groups is 2. The van der Waals surface area contributed by atoms with Crippen molar-refractivity contribution in [1.82, 2.24) is 14.9 Å². The summed E-state index contributed by atoms with van der Waals surface area (Å²) in [7, 11) is -3.57. The minimum absolute atomic E-state index is 0.128. The van der Waals surface area contributed by atoms with Crippen LogP contribution in [0.3, 0.4) is 0 Å². The summed E-state index contributed by atoms with van der Waals surface area (Å²) in [6.07, 6.45) is 0.828. The molecule has 0 aromatic heterocycles. The van der Waals surface area contributed by atoms with Crippen molar-refractivity contribution < 1.29 is 18.0 Å². The Bertz CT molecular complexity index is 1630. The Morgan fingerprint density at radius 1 is 0.750 bits per heavy atom. The Hall–Kier alpha value is -3.69. The number of hydrogen-bond acceptors (Lipinski definition) is 4. The van der Waals surface area contributed by atoms with Crippen molar-refractivity contribution in [2.45, 2.75) is 50.2 Å². The topological polar surface area (TPSA) is 95.6 Å². The lowest BCUT2D eigenvalue weighted by Gasteiger charge is -2.32. The van der Waals surface area contributed by atoms with E-state index in [1.807, 2.05) is 54.6 Å². The molecule has 1 atom stereocenters. The van der Waals surface area contributed by atoms with E-state index in [2.05, 4.69) is 10.0 Å². The van der Waals surface area contributed by atoms with E-state index in [9.17, 15) is 18.0 Å². The fraction of sp³-hybridized carbons (Fsp3) is 0.235. The Labute approximate surface area is 269 Å². The van der Waals surface area contributed by atoms with Gasteiger partial charge in [-0.05, 0) is 65.1 Å². The molecule has 0 bridgehead atoms. The third-order valence-corrected chi connectivity index (χ3v) is 9.18. The minimum Gasteiger partial charge on any atom is -0.350 e. The molecule has 10 heteroatoms. The van der Waals surface area contributed by atoms with E-state index >= 15 is 0 Å². The first-order chi connectivity index (χ1) is 21.1. The average molecular weight is 653 g/mol. The van der Waals surface area contributed by atoms with E-state index in [1.165, 1.54) is 12.1 Å². The molecule has 0 fully saturated rings. The molecule has 7 nitrogen and oxygen atoms in total. The molecular weight excluding hydrogens is 617 g/mol. The zero-order chi connectivity index (χ0) is 31.5. The summed E-state index contributed by atoms with van der Waals surface area (Å²) in [5.74, 6) is -0.476. The van der Waals surface area contributed by atoms with Gasteiger partial charge in [0.15, 0.2) is 0 Å². The predicted molar refractivity (Wildman–Crippen MR) is 175 cm³/mol. The zero-order valence-corrected chi connectivity index (χ0v) is 26.7. The molecule has 0 heterocycles. The smallest absolute Gasteiger partial charge is 0.243 e. The summed E-state index contributed by atoms with van der Waals surface area (Å²) in [6, 6.07) is 29.7. The van der Waals surface area contributed by atoms with Crippen molar-refractivity contribution in [2.24, 2.45) is 0 Å². The molecular formula is C34H35Cl2N3O4S. The minimum atomic E-state index is -3.57. The number of nitrogens with one attached hydrogen (secondary N) is 2. The van der Waals surface area contributed by atoms with Gasteiger partial charge in [-0.1, -0.05) is 96.9 Å². The largest absolute Gasteiger partial charge is 0.350 e. The summed E-state index contributed by atoms with van der Waals surface area (Å²) >= 11 is 12.1. The molecule has 230 valence electrons. The molecule has 0 spiro atoms. The number of rotatable bonds is 14. The normalized spacial score (nSPS) is 12.0. The van der Waals surface area contributed by atoms with Gasteiger partial charge in [-0.15, -0.1) is 0 Å². The van der Waals surface area contributed by atoms with Crippen molar-refractivity contribution in [1.29, 1.82) is 0 Å². The third-order valence-electron chi connectivity index (χ3n) is 7.11. The molecule has 0 aliphatic heterocycles. The first-order valence-electron chi connectivity index (χ1n) is 14.3. The van der Waals surface area contributed by atoms with Crippen molar-refractivity contribution in [3.63, 3.8) is 0 Å². The van der Waals surface area contributed by atoms with Gasteiger partial charge in [0, 0.05) is 42.5 Å². The van der Waals surface area contributed by atoms with Gasteiger partial charge in [0.25, 0.3) is 0 Å². The number of amides is 2. The second kappa shape index (κ2) is 15.9. The van der Waals surface area contributed by atoms with E-state index in [0.29, 0.717) is 29.4 Å². The lowest BCUT2D eigenvalue weighted by atomic mass is 10.0. The van der Waals surface area contributed by atoms with Gasteiger partial charge in [0.2, 0.25) is 21.8 Å². The quantitative estimate of drug-likeness (QED) is 0.170. The average Bonchev–Trinajstić information content (AvgIpc) is 3.02. The molecule has 4 rings (SSSR count). The van der Waals surface area contributed by atoms with Crippen LogP contribution in [0, 0.1) is 0 Å². The maximum atomic E-state index is 13.9. The lowest BCUT2D eigenvalue weighted by Crippen LogP contribution is -2.50. The second-order valence-electron chi connectivity index (χ2n) is 10.3. The monoisotopic (exact) mass is 651 g/mol. The summed E-state index contributed by atoms with van der Waals surface area (Å²) in [6.45, 7) is 2.50. The molecule has 4 aromatic rings.